The summed E-state index contributed by atoms with van der Waals surface area (Å²) in [5.41, 5.74) is -0.127. The molecule has 0 aliphatic heterocycles. The summed E-state index contributed by atoms with van der Waals surface area (Å²) in [5.74, 6) is 0. The summed E-state index contributed by atoms with van der Waals surface area (Å²) in [5, 5.41) is 0.0898. The van der Waals surface area contributed by atoms with Gasteiger partial charge in [0.25, 0.3) is 0 Å². The van der Waals surface area contributed by atoms with Gasteiger partial charge in [0.15, 0.2) is 8.32 Å². The molecule has 1 nitrogen and oxygen atoms in total. The van der Waals surface area contributed by atoms with Crippen molar-refractivity contribution in [2.24, 2.45) is 0 Å². The fourth-order valence-electron chi connectivity index (χ4n) is 1.38. The minimum Gasteiger partial charge on any atom is -0.401 e. The summed E-state index contributed by atoms with van der Waals surface area (Å²) in [6, 6.07) is 9.95. The lowest BCUT2D eigenvalue weighted by atomic mass is 10.2. The Morgan fingerprint density at radius 3 is 1.95 bits per heavy atom. The molecule has 0 amide bonds. The molecule has 1 unspecified atom stereocenters. The zero-order valence-corrected chi connectivity index (χ0v) is 16.0. The molecule has 0 radical (unpaired) electrons. The van der Waals surface area contributed by atoms with Gasteiger partial charge in [-0.1, -0.05) is 71.9 Å². The molecule has 0 saturated carbocycles. The highest BCUT2D eigenvalue weighted by molar-refractivity contribution is 8.00. The SMILES string of the molecule is [2H]C(O[Si](C)(C)C(C)(C)C)(SC(C)(C)C)c1ccccc1. The molecule has 0 bridgehead atoms. The van der Waals surface area contributed by atoms with Crippen LogP contribution >= 0.6 is 11.8 Å². The number of thioether (sulfide) groups is 1. The van der Waals surface area contributed by atoms with E-state index in [1.807, 2.05) is 30.3 Å². The van der Waals surface area contributed by atoms with E-state index in [1.54, 1.807) is 11.8 Å². The van der Waals surface area contributed by atoms with Gasteiger partial charge in [0, 0.05) is 4.75 Å². The first-order valence-electron chi connectivity index (χ1n) is 7.73. The lowest BCUT2D eigenvalue weighted by Gasteiger charge is -2.40. The van der Waals surface area contributed by atoms with Crippen molar-refractivity contribution in [2.75, 3.05) is 0 Å². The molecule has 0 spiro atoms. The second kappa shape index (κ2) is 6.25. The van der Waals surface area contributed by atoms with Crippen LogP contribution in [0, 0.1) is 0 Å². The Hall–Kier alpha value is -0.253. The first-order chi connectivity index (χ1) is 9.27. The number of benzene rings is 1. The van der Waals surface area contributed by atoms with Crippen molar-refractivity contribution in [1.29, 1.82) is 0 Å². The van der Waals surface area contributed by atoms with Gasteiger partial charge >= 0.3 is 0 Å². The Morgan fingerprint density at radius 1 is 1.05 bits per heavy atom. The van der Waals surface area contributed by atoms with Gasteiger partial charge in [0.2, 0.25) is 0 Å². The van der Waals surface area contributed by atoms with Crippen LogP contribution in [0.4, 0.5) is 0 Å². The van der Waals surface area contributed by atoms with Crippen LogP contribution in [-0.4, -0.2) is 13.1 Å². The van der Waals surface area contributed by atoms with E-state index < -0.39 is 13.7 Å². The highest BCUT2D eigenvalue weighted by atomic mass is 32.2. The van der Waals surface area contributed by atoms with Crippen molar-refractivity contribution in [3.8, 4) is 0 Å². The maximum Gasteiger partial charge on any atom is 0.194 e. The molecular weight excluding hydrogens is 280 g/mol. The van der Waals surface area contributed by atoms with E-state index in [-0.39, 0.29) is 9.79 Å². The predicted molar refractivity (Wildman–Crippen MR) is 94.8 cm³/mol. The molecule has 114 valence electrons. The van der Waals surface area contributed by atoms with Crippen LogP contribution in [0.2, 0.25) is 18.1 Å². The highest BCUT2D eigenvalue weighted by Crippen LogP contribution is 2.46. The van der Waals surface area contributed by atoms with E-state index in [0.717, 1.165) is 5.56 Å². The second-order valence-electron chi connectivity index (χ2n) is 7.73. The minimum absolute atomic E-state index is 0.0417. The first kappa shape index (κ1) is 16.1. The smallest absolute Gasteiger partial charge is 0.194 e. The average molecular weight is 312 g/mol. The highest BCUT2D eigenvalue weighted by Gasteiger charge is 2.40. The van der Waals surface area contributed by atoms with Crippen LogP contribution in [0.3, 0.4) is 0 Å². The lowest BCUT2D eigenvalue weighted by Crippen LogP contribution is -2.41. The van der Waals surface area contributed by atoms with Crippen LogP contribution in [-0.2, 0) is 4.43 Å². The Bertz CT molecular complexity index is 462. The van der Waals surface area contributed by atoms with Crippen molar-refractivity contribution in [2.45, 2.75) is 69.8 Å². The molecular formula is C17H30OSSi. The molecule has 0 saturated heterocycles. The predicted octanol–water partition coefficient (Wildman–Crippen LogP) is 6.24. The Balaban J connectivity index is 3.22. The number of hydrogen-bond donors (Lipinski definition) is 0. The molecule has 0 aliphatic carbocycles. The summed E-state index contributed by atoms with van der Waals surface area (Å²) >= 11 is 1.58. The van der Waals surface area contributed by atoms with Gasteiger partial charge in [-0.3, -0.25) is 0 Å². The fraction of sp³-hybridized carbons (Fsp3) is 0.647. The zero-order chi connectivity index (χ0) is 16.5. The van der Waals surface area contributed by atoms with Crippen LogP contribution < -0.4 is 0 Å². The van der Waals surface area contributed by atoms with Crippen LogP contribution in [0.25, 0.3) is 0 Å². The Labute approximate surface area is 132 Å². The van der Waals surface area contributed by atoms with Gasteiger partial charge in [0.1, 0.15) is 5.41 Å². The van der Waals surface area contributed by atoms with Crippen LogP contribution in [0.15, 0.2) is 30.3 Å². The van der Waals surface area contributed by atoms with Gasteiger partial charge in [-0.05, 0) is 23.7 Å². The van der Waals surface area contributed by atoms with E-state index in [9.17, 15) is 0 Å². The third-order valence-electron chi connectivity index (χ3n) is 3.56. The third-order valence-corrected chi connectivity index (χ3v) is 9.15. The van der Waals surface area contributed by atoms with E-state index >= 15 is 0 Å². The largest absolute Gasteiger partial charge is 0.401 e. The molecule has 3 heteroatoms. The van der Waals surface area contributed by atoms with E-state index in [4.69, 9.17) is 5.80 Å². The van der Waals surface area contributed by atoms with Crippen molar-refractivity contribution in [3.05, 3.63) is 35.9 Å². The second-order valence-corrected chi connectivity index (χ2v) is 14.3. The molecule has 1 atom stereocenters. The summed E-state index contributed by atoms with van der Waals surface area (Å²) in [7, 11) is -2.03. The van der Waals surface area contributed by atoms with Crippen molar-refractivity contribution in [3.63, 3.8) is 0 Å². The van der Waals surface area contributed by atoms with E-state index in [1.165, 1.54) is 0 Å². The Morgan fingerprint density at radius 2 is 1.55 bits per heavy atom. The molecule has 0 aliphatic rings. The molecule has 0 fully saturated rings. The normalized spacial score (nSPS) is 17.5. The average Bonchev–Trinajstić information content (AvgIpc) is 2.25. The third kappa shape index (κ3) is 5.26. The van der Waals surface area contributed by atoms with Gasteiger partial charge < -0.3 is 4.43 Å². The fourth-order valence-corrected chi connectivity index (χ4v) is 3.87. The quantitative estimate of drug-likeness (QED) is 0.481. The summed E-state index contributed by atoms with van der Waals surface area (Å²) < 4.78 is 15.5. The van der Waals surface area contributed by atoms with Gasteiger partial charge in [-0.2, -0.15) is 0 Å². The van der Waals surface area contributed by atoms with Crippen molar-refractivity contribution < 1.29 is 5.80 Å². The maximum atomic E-state index is 9.03. The van der Waals surface area contributed by atoms with E-state index in [0.29, 0.717) is 0 Å². The maximum absolute atomic E-state index is 9.03. The molecule has 20 heavy (non-hydrogen) atoms. The zero-order valence-electron chi connectivity index (χ0n) is 15.2. The van der Waals surface area contributed by atoms with Crippen molar-refractivity contribution >= 4 is 20.1 Å². The molecule has 1 aromatic carbocycles. The summed E-state index contributed by atoms with van der Waals surface area (Å²) in [6.45, 7) is 17.5. The molecule has 1 rings (SSSR count). The van der Waals surface area contributed by atoms with Crippen LogP contribution in [0.1, 0.15) is 53.9 Å². The number of hydrogen-bond acceptors (Lipinski definition) is 2. The molecule has 0 aromatic heterocycles. The molecule has 1 aromatic rings. The standard InChI is InChI=1S/C17H30OSSi/c1-16(2,3)19-15(14-12-10-9-11-13-14)18-20(7,8)17(4,5)6/h9-13,15H,1-8H3/i15D. The number of rotatable bonds is 4. The van der Waals surface area contributed by atoms with Crippen LogP contribution in [0.5, 0.6) is 0 Å². The summed E-state index contributed by atoms with van der Waals surface area (Å²) in [6.07, 6.45) is 0. The molecule has 0 heterocycles. The van der Waals surface area contributed by atoms with Crippen molar-refractivity contribution in [1.82, 2.24) is 0 Å². The lowest BCUT2D eigenvalue weighted by molar-refractivity contribution is 0.264. The van der Waals surface area contributed by atoms with E-state index in [2.05, 4.69) is 54.6 Å². The van der Waals surface area contributed by atoms with Gasteiger partial charge in [-0.15, -0.1) is 11.8 Å². The topological polar surface area (TPSA) is 9.23 Å². The first-order valence-corrected chi connectivity index (χ1v) is 11.0. The molecule has 0 N–H and O–H groups in total. The monoisotopic (exact) mass is 311 g/mol. The minimum atomic E-state index is -2.03. The van der Waals surface area contributed by atoms with Gasteiger partial charge in [-0.25, -0.2) is 0 Å². The Kier molecular flexibility index (Phi) is 5.03. The van der Waals surface area contributed by atoms with Gasteiger partial charge in [0.05, 0.1) is 1.37 Å². The summed E-state index contributed by atoms with van der Waals surface area (Å²) in [4.78, 5) is 0.